The number of anilines is 2. The lowest BCUT2D eigenvalue weighted by Crippen LogP contribution is -2.14. The number of hydrogen-bond donors (Lipinski definition) is 0. The van der Waals surface area contributed by atoms with Crippen molar-refractivity contribution in [1.82, 2.24) is 4.90 Å². The minimum absolute atomic E-state index is 0.311. The summed E-state index contributed by atoms with van der Waals surface area (Å²) in [4.78, 5) is 8.05. The molecule has 24 heavy (non-hydrogen) atoms. The van der Waals surface area contributed by atoms with Gasteiger partial charge >= 0.3 is 0 Å². The van der Waals surface area contributed by atoms with Crippen LogP contribution in [0.2, 0.25) is 0 Å². The van der Waals surface area contributed by atoms with E-state index in [2.05, 4.69) is 4.99 Å². The van der Waals surface area contributed by atoms with E-state index in [0.29, 0.717) is 17.1 Å². The van der Waals surface area contributed by atoms with Crippen molar-refractivity contribution in [2.45, 2.75) is 20.8 Å². The summed E-state index contributed by atoms with van der Waals surface area (Å²) in [5, 5.41) is 0. The highest BCUT2D eigenvalue weighted by Gasteiger charge is 2.13. The Labute approximate surface area is 142 Å². The maximum Gasteiger partial charge on any atom is 0.127 e. The Kier molecular flexibility index (Phi) is 5.54. The molecule has 0 aliphatic rings. The van der Waals surface area contributed by atoms with Crippen LogP contribution in [-0.2, 0) is 0 Å². The molecule has 3 nitrogen and oxygen atoms in total. The quantitative estimate of drug-likeness (QED) is 0.569. The fraction of sp³-hybridized carbons (Fsp3) is 0.316. The summed E-state index contributed by atoms with van der Waals surface area (Å²) in [6, 6.07) is 7.61. The van der Waals surface area contributed by atoms with Gasteiger partial charge in [0, 0.05) is 32.0 Å². The zero-order valence-corrected chi connectivity index (χ0v) is 14.8. The van der Waals surface area contributed by atoms with E-state index in [1.54, 1.807) is 18.3 Å². The number of aliphatic imine (C=N–C) groups is 1. The van der Waals surface area contributed by atoms with Gasteiger partial charge in [0.1, 0.15) is 11.6 Å². The smallest absolute Gasteiger partial charge is 0.127 e. The predicted octanol–water partition coefficient (Wildman–Crippen LogP) is 4.96. The molecule has 0 fully saturated rings. The second-order valence-corrected chi connectivity index (χ2v) is 5.93. The lowest BCUT2D eigenvalue weighted by molar-refractivity contribution is 0.552. The second-order valence-electron chi connectivity index (χ2n) is 5.93. The molecular weight excluding hydrogens is 308 g/mol. The number of halogens is 2. The lowest BCUT2D eigenvalue weighted by atomic mass is 10.1. The first kappa shape index (κ1) is 17.9. The normalized spacial score (nSPS) is 11.1. The molecule has 0 unspecified atom stereocenters. The van der Waals surface area contributed by atoms with Crippen LogP contribution in [0.5, 0.6) is 0 Å². The zero-order valence-electron chi connectivity index (χ0n) is 14.8. The summed E-state index contributed by atoms with van der Waals surface area (Å²) in [5.41, 5.74) is 3.54. The summed E-state index contributed by atoms with van der Waals surface area (Å²) >= 11 is 0. The summed E-state index contributed by atoms with van der Waals surface area (Å²) in [6.45, 7) is 6.54. The minimum atomic E-state index is -0.373. The van der Waals surface area contributed by atoms with E-state index in [4.69, 9.17) is 0 Å². The Morgan fingerprint density at radius 3 is 2.29 bits per heavy atom. The van der Waals surface area contributed by atoms with Gasteiger partial charge in [0.25, 0.3) is 0 Å². The highest BCUT2D eigenvalue weighted by atomic mass is 19.1. The van der Waals surface area contributed by atoms with Gasteiger partial charge < -0.3 is 9.80 Å². The Hall–Kier alpha value is -2.43. The molecule has 0 radical (unpaired) electrons. The third-order valence-electron chi connectivity index (χ3n) is 3.99. The topological polar surface area (TPSA) is 18.8 Å². The molecule has 5 heteroatoms. The van der Waals surface area contributed by atoms with E-state index in [1.165, 1.54) is 24.3 Å². The van der Waals surface area contributed by atoms with Gasteiger partial charge in [0.15, 0.2) is 0 Å². The molecule has 0 saturated carbocycles. The van der Waals surface area contributed by atoms with Crippen molar-refractivity contribution >= 4 is 23.4 Å². The maximum atomic E-state index is 14.1. The molecule has 2 aromatic carbocycles. The molecule has 2 aromatic rings. The molecule has 2 rings (SSSR count). The summed E-state index contributed by atoms with van der Waals surface area (Å²) < 4.78 is 27.7. The predicted molar refractivity (Wildman–Crippen MR) is 96.8 cm³/mol. The fourth-order valence-corrected chi connectivity index (χ4v) is 2.43. The molecule has 0 spiro atoms. The SMILES string of the molecule is CCN(C)/C=N/c1cc(F)cc(N(C)c2cc(C)cc(F)c2)c1C. The number of rotatable bonds is 5. The van der Waals surface area contributed by atoms with E-state index in [-0.39, 0.29) is 11.6 Å². The van der Waals surface area contributed by atoms with Gasteiger partial charge in [0.2, 0.25) is 0 Å². The van der Waals surface area contributed by atoms with E-state index in [0.717, 1.165) is 17.7 Å². The van der Waals surface area contributed by atoms with Crippen LogP contribution in [0.15, 0.2) is 35.3 Å². The largest absolute Gasteiger partial charge is 0.366 e. The highest BCUT2D eigenvalue weighted by Crippen LogP contribution is 2.34. The summed E-state index contributed by atoms with van der Waals surface area (Å²) in [7, 11) is 3.70. The first-order chi connectivity index (χ1) is 11.3. The molecule has 0 heterocycles. The third-order valence-corrected chi connectivity index (χ3v) is 3.99. The van der Waals surface area contributed by atoms with Crippen LogP contribution in [0, 0.1) is 25.5 Å². The highest BCUT2D eigenvalue weighted by molar-refractivity contribution is 5.73. The van der Waals surface area contributed by atoms with Crippen molar-refractivity contribution < 1.29 is 8.78 Å². The van der Waals surface area contributed by atoms with Crippen molar-refractivity contribution in [1.29, 1.82) is 0 Å². The van der Waals surface area contributed by atoms with Gasteiger partial charge in [-0.05, 0) is 62.2 Å². The van der Waals surface area contributed by atoms with Crippen molar-refractivity contribution in [2.24, 2.45) is 4.99 Å². The Bertz CT molecular complexity index is 736. The van der Waals surface area contributed by atoms with Gasteiger partial charge in [-0.3, -0.25) is 0 Å². The van der Waals surface area contributed by atoms with Crippen LogP contribution in [0.3, 0.4) is 0 Å². The molecule has 0 aliphatic heterocycles. The molecular formula is C19H23F2N3. The van der Waals surface area contributed by atoms with Crippen molar-refractivity contribution in [2.75, 3.05) is 25.5 Å². The fourth-order valence-electron chi connectivity index (χ4n) is 2.43. The third kappa shape index (κ3) is 4.10. The van der Waals surface area contributed by atoms with Crippen molar-refractivity contribution in [3.8, 4) is 0 Å². The van der Waals surface area contributed by atoms with Crippen molar-refractivity contribution in [3.63, 3.8) is 0 Å². The Morgan fingerprint density at radius 2 is 1.67 bits per heavy atom. The van der Waals surface area contributed by atoms with Gasteiger partial charge in [-0.25, -0.2) is 13.8 Å². The Balaban J connectivity index is 2.46. The molecule has 0 saturated heterocycles. The number of hydrogen-bond acceptors (Lipinski definition) is 2. The van der Waals surface area contributed by atoms with Gasteiger partial charge in [-0.2, -0.15) is 0 Å². The van der Waals surface area contributed by atoms with E-state index >= 15 is 0 Å². The second kappa shape index (κ2) is 7.43. The summed E-state index contributed by atoms with van der Waals surface area (Å²) in [6.07, 6.45) is 1.68. The lowest BCUT2D eigenvalue weighted by Gasteiger charge is -2.23. The molecule has 0 aromatic heterocycles. The molecule has 0 N–H and O–H groups in total. The molecule has 0 amide bonds. The number of aryl methyl sites for hydroxylation is 1. The van der Waals surface area contributed by atoms with E-state index in [9.17, 15) is 8.78 Å². The standard InChI is InChI=1S/C19H23F2N3/c1-6-23(4)12-22-18-10-16(21)11-19(14(18)3)24(5)17-8-13(2)7-15(20)9-17/h7-12H,6H2,1-5H3/b22-12+. The summed E-state index contributed by atoms with van der Waals surface area (Å²) in [5.74, 6) is -0.685. The van der Waals surface area contributed by atoms with Crippen LogP contribution < -0.4 is 4.90 Å². The zero-order chi connectivity index (χ0) is 17.9. The molecule has 0 atom stereocenters. The van der Waals surface area contributed by atoms with Gasteiger partial charge in [-0.1, -0.05) is 0 Å². The average molecular weight is 331 g/mol. The molecule has 0 aliphatic carbocycles. The molecule has 0 bridgehead atoms. The number of nitrogens with zero attached hydrogens (tertiary/aromatic N) is 3. The van der Waals surface area contributed by atoms with Crippen LogP contribution >= 0.6 is 0 Å². The van der Waals surface area contributed by atoms with Crippen LogP contribution in [-0.4, -0.2) is 31.9 Å². The van der Waals surface area contributed by atoms with E-state index in [1.807, 2.05) is 38.8 Å². The first-order valence-corrected chi connectivity index (χ1v) is 7.87. The Morgan fingerprint density at radius 1 is 1.00 bits per heavy atom. The van der Waals surface area contributed by atoms with E-state index < -0.39 is 0 Å². The van der Waals surface area contributed by atoms with Crippen LogP contribution in [0.1, 0.15) is 18.1 Å². The minimum Gasteiger partial charge on any atom is -0.366 e. The monoisotopic (exact) mass is 331 g/mol. The van der Waals surface area contributed by atoms with Gasteiger partial charge in [0.05, 0.1) is 12.0 Å². The van der Waals surface area contributed by atoms with Crippen molar-refractivity contribution in [3.05, 3.63) is 53.1 Å². The molecule has 128 valence electrons. The van der Waals surface area contributed by atoms with Crippen LogP contribution in [0.4, 0.5) is 25.8 Å². The number of benzene rings is 2. The first-order valence-electron chi connectivity index (χ1n) is 7.87. The van der Waals surface area contributed by atoms with Crippen LogP contribution in [0.25, 0.3) is 0 Å². The van der Waals surface area contributed by atoms with Gasteiger partial charge in [-0.15, -0.1) is 0 Å². The average Bonchev–Trinajstić information content (AvgIpc) is 2.53. The maximum absolute atomic E-state index is 14.1.